The largest absolute Gasteiger partial charge is 0.492 e. The van der Waals surface area contributed by atoms with Gasteiger partial charge in [-0.15, -0.1) is 0 Å². The molecule has 0 spiro atoms. The molecule has 1 aliphatic heterocycles. The Morgan fingerprint density at radius 1 is 1.12 bits per heavy atom. The van der Waals surface area contributed by atoms with Crippen molar-refractivity contribution in [2.45, 2.75) is 39.5 Å². The van der Waals surface area contributed by atoms with Crippen LogP contribution in [0.4, 0.5) is 5.69 Å². The molecule has 1 N–H and O–H groups in total. The van der Waals surface area contributed by atoms with Crippen molar-refractivity contribution in [2.75, 3.05) is 11.9 Å². The fourth-order valence-corrected chi connectivity index (χ4v) is 3.65. The molecule has 1 aliphatic rings. The van der Waals surface area contributed by atoms with Crippen LogP contribution in [0.15, 0.2) is 24.3 Å². The first kappa shape index (κ1) is 17.2. The van der Waals surface area contributed by atoms with Gasteiger partial charge < -0.3 is 10.1 Å². The molecule has 0 fully saturated rings. The molecule has 0 radical (unpaired) electrons. The number of benzene rings is 2. The number of hydrogen-bond donors (Lipinski definition) is 1. The lowest BCUT2D eigenvalue weighted by atomic mass is 9.85. The molecule has 0 aromatic heterocycles. The van der Waals surface area contributed by atoms with E-state index in [9.17, 15) is 9.59 Å². The molecule has 1 heterocycles. The molecule has 4 nitrogen and oxygen atoms in total. The standard InChI is InChI=1S/C21H23NO3/c1-12(2)15-5-7-16(8-6-15)18-10-25-21-17(9-23)13(3)20(22-11-24)14(4)19(18)21/h5-9,11-12,18H,10H2,1-4H3,(H,22,24). The first-order valence-electron chi connectivity index (χ1n) is 8.54. The third kappa shape index (κ3) is 2.82. The fraction of sp³-hybridized carbons (Fsp3) is 0.333. The fourth-order valence-electron chi connectivity index (χ4n) is 3.65. The van der Waals surface area contributed by atoms with Gasteiger partial charge in [0.15, 0.2) is 6.29 Å². The Balaban J connectivity index is 2.14. The highest BCUT2D eigenvalue weighted by Gasteiger charge is 2.32. The predicted octanol–water partition coefficient (Wildman–Crippen LogP) is 4.33. The van der Waals surface area contributed by atoms with Crippen LogP contribution < -0.4 is 10.1 Å². The lowest BCUT2D eigenvalue weighted by Gasteiger charge is -2.18. The zero-order valence-corrected chi connectivity index (χ0v) is 15.1. The van der Waals surface area contributed by atoms with E-state index in [4.69, 9.17) is 4.74 Å². The van der Waals surface area contributed by atoms with E-state index in [0.717, 1.165) is 28.5 Å². The maximum absolute atomic E-state index is 11.6. The molecule has 4 heteroatoms. The van der Waals surface area contributed by atoms with Crippen LogP contribution in [-0.2, 0) is 4.79 Å². The normalized spacial score (nSPS) is 15.6. The van der Waals surface area contributed by atoms with Gasteiger partial charge in [0.1, 0.15) is 5.75 Å². The topological polar surface area (TPSA) is 55.4 Å². The van der Waals surface area contributed by atoms with Gasteiger partial charge in [-0.25, -0.2) is 0 Å². The zero-order chi connectivity index (χ0) is 18.1. The maximum atomic E-state index is 11.6. The van der Waals surface area contributed by atoms with Crippen LogP contribution in [-0.4, -0.2) is 19.3 Å². The van der Waals surface area contributed by atoms with Crippen molar-refractivity contribution in [1.82, 2.24) is 0 Å². The first-order chi connectivity index (χ1) is 12.0. The van der Waals surface area contributed by atoms with Gasteiger partial charge in [-0.1, -0.05) is 38.1 Å². The number of rotatable bonds is 5. The minimum absolute atomic E-state index is 0.0581. The number of anilines is 1. The van der Waals surface area contributed by atoms with E-state index in [0.29, 0.717) is 35.9 Å². The van der Waals surface area contributed by atoms with Crippen LogP contribution in [0.2, 0.25) is 0 Å². The highest BCUT2D eigenvalue weighted by molar-refractivity contribution is 5.90. The minimum Gasteiger partial charge on any atom is -0.492 e. The average Bonchev–Trinajstić information content (AvgIpc) is 3.04. The Kier molecular flexibility index (Phi) is 4.62. The molecule has 0 aliphatic carbocycles. The van der Waals surface area contributed by atoms with E-state index in [2.05, 4.69) is 43.4 Å². The van der Waals surface area contributed by atoms with Gasteiger partial charge in [-0.3, -0.25) is 9.59 Å². The van der Waals surface area contributed by atoms with Gasteiger partial charge in [0.2, 0.25) is 6.41 Å². The van der Waals surface area contributed by atoms with E-state index in [-0.39, 0.29) is 5.92 Å². The zero-order valence-electron chi connectivity index (χ0n) is 15.1. The maximum Gasteiger partial charge on any atom is 0.211 e. The lowest BCUT2D eigenvalue weighted by molar-refractivity contribution is -0.105. The quantitative estimate of drug-likeness (QED) is 0.826. The highest BCUT2D eigenvalue weighted by Crippen LogP contribution is 2.46. The van der Waals surface area contributed by atoms with Gasteiger partial charge in [0.25, 0.3) is 0 Å². The van der Waals surface area contributed by atoms with E-state index in [1.54, 1.807) is 0 Å². The smallest absolute Gasteiger partial charge is 0.211 e. The second-order valence-electron chi connectivity index (χ2n) is 6.85. The SMILES string of the molecule is Cc1c(C=O)c2c(c(C)c1NC=O)C(c1ccc(C(C)C)cc1)CO2. The minimum atomic E-state index is 0.0581. The summed E-state index contributed by atoms with van der Waals surface area (Å²) >= 11 is 0. The molecule has 0 saturated heterocycles. The molecule has 0 saturated carbocycles. The first-order valence-corrected chi connectivity index (χ1v) is 8.54. The Hall–Kier alpha value is -2.62. The summed E-state index contributed by atoms with van der Waals surface area (Å²) in [5.74, 6) is 1.19. The van der Waals surface area contributed by atoms with Crippen molar-refractivity contribution in [3.05, 3.63) is 57.6 Å². The summed E-state index contributed by atoms with van der Waals surface area (Å²) in [6, 6.07) is 8.55. The van der Waals surface area contributed by atoms with Crippen molar-refractivity contribution in [3.63, 3.8) is 0 Å². The Morgan fingerprint density at radius 3 is 2.36 bits per heavy atom. The van der Waals surface area contributed by atoms with Crippen molar-refractivity contribution in [2.24, 2.45) is 0 Å². The lowest BCUT2D eigenvalue weighted by Crippen LogP contribution is -2.07. The van der Waals surface area contributed by atoms with E-state index >= 15 is 0 Å². The summed E-state index contributed by atoms with van der Waals surface area (Å²) in [4.78, 5) is 22.6. The molecule has 130 valence electrons. The number of hydrogen-bond acceptors (Lipinski definition) is 3. The summed E-state index contributed by atoms with van der Waals surface area (Å²) in [5.41, 5.74) is 6.37. The number of amides is 1. The molecule has 1 atom stereocenters. The number of aldehydes is 1. The van der Waals surface area contributed by atoms with Gasteiger partial charge >= 0.3 is 0 Å². The molecular weight excluding hydrogens is 314 g/mol. The van der Waals surface area contributed by atoms with E-state index in [1.165, 1.54) is 5.56 Å². The molecule has 0 bridgehead atoms. The molecule has 2 aromatic rings. The van der Waals surface area contributed by atoms with Gasteiger partial charge in [0, 0.05) is 17.2 Å². The van der Waals surface area contributed by atoms with Crippen LogP contribution in [0.3, 0.4) is 0 Å². The van der Waals surface area contributed by atoms with Gasteiger partial charge in [-0.05, 0) is 42.0 Å². The summed E-state index contributed by atoms with van der Waals surface area (Å²) in [6.45, 7) is 8.64. The molecular formula is C21H23NO3. The van der Waals surface area contributed by atoms with E-state index in [1.807, 2.05) is 13.8 Å². The molecule has 3 rings (SSSR count). The molecule has 2 aromatic carbocycles. The van der Waals surface area contributed by atoms with Gasteiger partial charge in [-0.2, -0.15) is 0 Å². The Labute approximate surface area is 148 Å². The second kappa shape index (κ2) is 6.71. The number of carbonyl (C=O) groups excluding carboxylic acids is 2. The summed E-state index contributed by atoms with van der Waals surface area (Å²) < 4.78 is 5.91. The second-order valence-corrected chi connectivity index (χ2v) is 6.85. The number of carbonyl (C=O) groups is 2. The van der Waals surface area contributed by atoms with Crippen molar-refractivity contribution in [1.29, 1.82) is 0 Å². The van der Waals surface area contributed by atoms with Crippen LogP contribution in [0.5, 0.6) is 5.75 Å². The monoisotopic (exact) mass is 337 g/mol. The van der Waals surface area contributed by atoms with Crippen LogP contribution >= 0.6 is 0 Å². The average molecular weight is 337 g/mol. The molecule has 1 amide bonds. The number of ether oxygens (including phenoxy) is 1. The van der Waals surface area contributed by atoms with Crippen molar-refractivity contribution >= 4 is 18.4 Å². The highest BCUT2D eigenvalue weighted by atomic mass is 16.5. The summed E-state index contributed by atoms with van der Waals surface area (Å²) in [7, 11) is 0. The van der Waals surface area contributed by atoms with E-state index < -0.39 is 0 Å². The third-order valence-electron chi connectivity index (χ3n) is 5.12. The third-order valence-corrected chi connectivity index (χ3v) is 5.12. The van der Waals surface area contributed by atoms with Crippen LogP contribution in [0, 0.1) is 13.8 Å². The molecule has 25 heavy (non-hydrogen) atoms. The summed E-state index contributed by atoms with van der Waals surface area (Å²) in [5, 5.41) is 2.75. The predicted molar refractivity (Wildman–Crippen MR) is 98.9 cm³/mol. The van der Waals surface area contributed by atoms with Crippen molar-refractivity contribution < 1.29 is 14.3 Å². The number of fused-ring (bicyclic) bond motifs is 1. The van der Waals surface area contributed by atoms with Crippen molar-refractivity contribution in [3.8, 4) is 5.75 Å². The Bertz CT molecular complexity index is 822. The van der Waals surface area contributed by atoms with Crippen LogP contribution in [0.25, 0.3) is 0 Å². The molecule has 1 unspecified atom stereocenters. The van der Waals surface area contributed by atoms with Crippen LogP contribution in [0.1, 0.15) is 63.9 Å². The number of nitrogens with one attached hydrogen (secondary N) is 1. The van der Waals surface area contributed by atoms with Gasteiger partial charge in [0.05, 0.1) is 12.2 Å². The summed E-state index contributed by atoms with van der Waals surface area (Å²) in [6.07, 6.45) is 1.46. The Morgan fingerprint density at radius 2 is 1.80 bits per heavy atom.